The fourth-order valence-electron chi connectivity index (χ4n) is 2.17. The Morgan fingerprint density at radius 2 is 1.95 bits per heavy atom. The molecular weight excluding hydrogens is 250 g/mol. The van der Waals surface area contributed by atoms with Crippen molar-refractivity contribution in [3.05, 3.63) is 59.4 Å². The summed E-state index contributed by atoms with van der Waals surface area (Å²) >= 11 is 0. The summed E-state index contributed by atoms with van der Waals surface area (Å²) < 4.78 is 5.12. The minimum atomic E-state index is 0.181. The van der Waals surface area contributed by atoms with Gasteiger partial charge in [-0.25, -0.2) is 0 Å². The number of benzene rings is 1. The Morgan fingerprint density at radius 1 is 1.20 bits per heavy atom. The molecule has 0 unspecified atom stereocenters. The third-order valence-corrected chi connectivity index (χ3v) is 3.38. The zero-order valence-corrected chi connectivity index (χ0v) is 11.9. The fraction of sp³-hybridized carbons (Fsp3) is 0.294. The number of hydrogen-bond donors (Lipinski definition) is 0. The van der Waals surface area contributed by atoms with Gasteiger partial charge in [-0.1, -0.05) is 19.1 Å². The van der Waals surface area contributed by atoms with Gasteiger partial charge in [-0.2, -0.15) is 0 Å². The summed E-state index contributed by atoms with van der Waals surface area (Å²) in [5.41, 5.74) is 2.97. The normalized spacial score (nSPS) is 10.3. The van der Waals surface area contributed by atoms with E-state index in [1.807, 2.05) is 37.3 Å². The Kier molecular flexibility index (Phi) is 4.88. The molecule has 0 spiro atoms. The van der Waals surface area contributed by atoms with Crippen molar-refractivity contribution in [2.75, 3.05) is 7.11 Å². The fourth-order valence-corrected chi connectivity index (χ4v) is 2.17. The average Bonchev–Trinajstić information content (AvgIpc) is 2.53. The lowest BCUT2D eigenvalue weighted by molar-refractivity contribution is 0.0982. The van der Waals surface area contributed by atoms with Gasteiger partial charge in [0.25, 0.3) is 0 Å². The third kappa shape index (κ3) is 3.44. The van der Waals surface area contributed by atoms with E-state index in [9.17, 15) is 4.79 Å². The van der Waals surface area contributed by atoms with E-state index in [0.29, 0.717) is 6.42 Å². The molecule has 1 aromatic heterocycles. The monoisotopic (exact) mass is 269 g/mol. The van der Waals surface area contributed by atoms with Crippen molar-refractivity contribution < 1.29 is 9.53 Å². The van der Waals surface area contributed by atoms with Gasteiger partial charge >= 0.3 is 0 Å². The number of ketones is 1. The maximum Gasteiger partial charge on any atom is 0.163 e. The molecule has 1 aromatic carbocycles. The van der Waals surface area contributed by atoms with Gasteiger partial charge in [0.2, 0.25) is 0 Å². The van der Waals surface area contributed by atoms with Crippen LogP contribution in [0.2, 0.25) is 0 Å². The van der Waals surface area contributed by atoms with E-state index in [1.54, 1.807) is 19.5 Å². The molecule has 3 heteroatoms. The van der Waals surface area contributed by atoms with Crippen LogP contribution >= 0.6 is 0 Å². The number of methoxy groups -OCH3 is 1. The number of Topliss-reactive ketones (excluding diaryl/α,β-unsaturated/α-hetero) is 1. The smallest absolute Gasteiger partial charge is 0.163 e. The first-order valence-corrected chi connectivity index (χ1v) is 6.83. The van der Waals surface area contributed by atoms with Crippen LogP contribution in [0.4, 0.5) is 0 Å². The molecule has 0 aliphatic heterocycles. The van der Waals surface area contributed by atoms with Crippen LogP contribution in [0.3, 0.4) is 0 Å². The second kappa shape index (κ2) is 6.85. The number of pyridine rings is 1. The Morgan fingerprint density at radius 3 is 2.60 bits per heavy atom. The second-order valence-electron chi connectivity index (χ2n) is 4.66. The zero-order valence-electron chi connectivity index (χ0n) is 11.9. The number of ether oxygens (including phenoxy) is 1. The summed E-state index contributed by atoms with van der Waals surface area (Å²) in [4.78, 5) is 16.3. The number of nitrogens with zero attached hydrogens (tertiary/aromatic N) is 1. The molecule has 0 atom stereocenters. The SMILES string of the molecule is CCc1cnccc1C(=O)CCc1ccc(OC)cc1. The first kappa shape index (κ1) is 14.3. The number of aromatic nitrogens is 1. The third-order valence-electron chi connectivity index (χ3n) is 3.38. The predicted molar refractivity (Wildman–Crippen MR) is 79.3 cm³/mol. The van der Waals surface area contributed by atoms with Gasteiger partial charge in [-0.15, -0.1) is 0 Å². The molecule has 0 aliphatic rings. The maximum absolute atomic E-state index is 12.3. The minimum absolute atomic E-state index is 0.181. The molecule has 0 aliphatic carbocycles. The molecule has 0 N–H and O–H groups in total. The van der Waals surface area contributed by atoms with Crippen LogP contribution in [0.25, 0.3) is 0 Å². The Hall–Kier alpha value is -2.16. The van der Waals surface area contributed by atoms with Gasteiger partial charge in [-0.05, 0) is 42.2 Å². The van der Waals surface area contributed by atoms with Crippen LogP contribution < -0.4 is 4.74 Å². The van der Waals surface area contributed by atoms with Crippen molar-refractivity contribution >= 4 is 5.78 Å². The van der Waals surface area contributed by atoms with Crippen LogP contribution in [-0.4, -0.2) is 17.9 Å². The molecule has 0 radical (unpaired) electrons. The highest BCUT2D eigenvalue weighted by Crippen LogP contribution is 2.15. The summed E-state index contributed by atoms with van der Waals surface area (Å²) in [6, 6.07) is 9.65. The Balaban J connectivity index is 2.01. The lowest BCUT2D eigenvalue weighted by Gasteiger charge is -2.06. The van der Waals surface area contributed by atoms with Gasteiger partial charge in [-0.3, -0.25) is 9.78 Å². The first-order valence-electron chi connectivity index (χ1n) is 6.83. The van der Waals surface area contributed by atoms with E-state index in [-0.39, 0.29) is 5.78 Å². The average molecular weight is 269 g/mol. The molecule has 2 rings (SSSR count). The number of hydrogen-bond acceptors (Lipinski definition) is 3. The van der Waals surface area contributed by atoms with Crippen LogP contribution in [-0.2, 0) is 12.8 Å². The Bertz CT molecular complexity index is 576. The standard InChI is InChI=1S/C17H19NO2/c1-3-14-12-18-11-10-16(14)17(19)9-6-13-4-7-15(20-2)8-5-13/h4-5,7-8,10-12H,3,6,9H2,1-2H3. The van der Waals surface area contributed by atoms with E-state index in [2.05, 4.69) is 4.98 Å². The van der Waals surface area contributed by atoms with E-state index >= 15 is 0 Å². The molecule has 1 heterocycles. The Labute approximate surface area is 119 Å². The highest BCUT2D eigenvalue weighted by molar-refractivity contribution is 5.97. The molecular formula is C17H19NO2. The van der Waals surface area contributed by atoms with Gasteiger partial charge in [0, 0.05) is 24.4 Å². The molecule has 0 fully saturated rings. The molecule has 2 aromatic rings. The predicted octanol–water partition coefficient (Wildman–Crippen LogP) is 3.47. The van der Waals surface area contributed by atoms with E-state index in [0.717, 1.165) is 35.3 Å². The van der Waals surface area contributed by atoms with Crippen molar-refractivity contribution in [1.82, 2.24) is 4.98 Å². The summed E-state index contributed by atoms with van der Waals surface area (Å²) in [5, 5.41) is 0. The molecule has 104 valence electrons. The van der Waals surface area contributed by atoms with Crippen LogP contribution in [0.1, 0.15) is 34.8 Å². The highest BCUT2D eigenvalue weighted by Gasteiger charge is 2.10. The van der Waals surface area contributed by atoms with Crippen molar-refractivity contribution in [2.45, 2.75) is 26.2 Å². The number of aryl methyl sites for hydroxylation is 2. The first-order chi connectivity index (χ1) is 9.74. The second-order valence-corrected chi connectivity index (χ2v) is 4.66. The molecule has 0 bridgehead atoms. The van der Waals surface area contributed by atoms with Gasteiger partial charge in [0.15, 0.2) is 5.78 Å². The van der Waals surface area contributed by atoms with Crippen molar-refractivity contribution in [2.24, 2.45) is 0 Å². The molecule has 20 heavy (non-hydrogen) atoms. The lowest BCUT2D eigenvalue weighted by Crippen LogP contribution is -2.05. The molecule has 0 saturated carbocycles. The summed E-state index contributed by atoms with van der Waals surface area (Å²) in [6.45, 7) is 2.04. The van der Waals surface area contributed by atoms with Gasteiger partial charge in [0.1, 0.15) is 5.75 Å². The molecule has 0 amide bonds. The van der Waals surface area contributed by atoms with Crippen molar-refractivity contribution in [1.29, 1.82) is 0 Å². The van der Waals surface area contributed by atoms with E-state index in [4.69, 9.17) is 4.74 Å². The lowest BCUT2D eigenvalue weighted by atomic mass is 9.99. The highest BCUT2D eigenvalue weighted by atomic mass is 16.5. The summed E-state index contributed by atoms with van der Waals surface area (Å²) in [5.74, 6) is 1.02. The maximum atomic E-state index is 12.3. The topological polar surface area (TPSA) is 39.2 Å². The minimum Gasteiger partial charge on any atom is -0.497 e. The largest absolute Gasteiger partial charge is 0.497 e. The van der Waals surface area contributed by atoms with Gasteiger partial charge in [0.05, 0.1) is 7.11 Å². The van der Waals surface area contributed by atoms with Gasteiger partial charge < -0.3 is 4.74 Å². The molecule has 0 saturated heterocycles. The molecule has 3 nitrogen and oxygen atoms in total. The van der Waals surface area contributed by atoms with Crippen molar-refractivity contribution in [3.8, 4) is 5.75 Å². The number of carbonyl (C=O) groups excluding carboxylic acids is 1. The van der Waals surface area contributed by atoms with Crippen molar-refractivity contribution in [3.63, 3.8) is 0 Å². The van der Waals surface area contributed by atoms with Crippen LogP contribution in [0.15, 0.2) is 42.7 Å². The van der Waals surface area contributed by atoms with E-state index in [1.165, 1.54) is 0 Å². The number of carbonyl (C=O) groups is 1. The number of rotatable bonds is 6. The zero-order chi connectivity index (χ0) is 14.4. The summed E-state index contributed by atoms with van der Waals surface area (Å²) in [7, 11) is 1.65. The van der Waals surface area contributed by atoms with E-state index < -0.39 is 0 Å². The quantitative estimate of drug-likeness (QED) is 0.754. The van der Waals surface area contributed by atoms with Crippen LogP contribution in [0.5, 0.6) is 5.75 Å². The summed E-state index contributed by atoms with van der Waals surface area (Å²) in [6.07, 6.45) is 5.55. The van der Waals surface area contributed by atoms with Crippen LogP contribution in [0, 0.1) is 0 Å².